The minimum Gasteiger partial charge on any atom is -0.336 e. The molecular weight excluding hydrogens is 196 g/mol. The number of hydrogen-bond acceptors (Lipinski definition) is 2. The molecule has 14 heavy (non-hydrogen) atoms. The second-order valence-electron chi connectivity index (χ2n) is 3.97. The van der Waals surface area contributed by atoms with Crippen LogP contribution in [0.5, 0.6) is 0 Å². The van der Waals surface area contributed by atoms with Crippen molar-refractivity contribution >= 4 is 17.8 Å². The second-order valence-corrected chi connectivity index (χ2v) is 5.55. The van der Waals surface area contributed by atoms with Crippen LogP contribution in [0.15, 0.2) is 0 Å². The lowest BCUT2D eigenvalue weighted by atomic mass is 10.2. The fourth-order valence-corrected chi connectivity index (χ4v) is 3.55. The SMILES string of the molecule is CCSC1CCC(N2CCNC2=O)C1. The van der Waals surface area contributed by atoms with Gasteiger partial charge in [-0.05, 0) is 25.0 Å². The van der Waals surface area contributed by atoms with E-state index in [9.17, 15) is 4.79 Å². The summed E-state index contributed by atoms with van der Waals surface area (Å²) in [7, 11) is 0. The van der Waals surface area contributed by atoms with Crippen molar-refractivity contribution in [1.29, 1.82) is 0 Å². The van der Waals surface area contributed by atoms with Gasteiger partial charge >= 0.3 is 6.03 Å². The van der Waals surface area contributed by atoms with Crippen molar-refractivity contribution in [3.05, 3.63) is 0 Å². The molecule has 4 heteroatoms. The van der Waals surface area contributed by atoms with Gasteiger partial charge in [0.25, 0.3) is 0 Å². The van der Waals surface area contributed by atoms with Gasteiger partial charge in [-0.15, -0.1) is 0 Å². The summed E-state index contributed by atoms with van der Waals surface area (Å²) in [6.07, 6.45) is 3.68. The molecule has 1 N–H and O–H groups in total. The summed E-state index contributed by atoms with van der Waals surface area (Å²) in [5, 5.41) is 3.66. The van der Waals surface area contributed by atoms with Crippen LogP contribution in [-0.4, -0.2) is 41.1 Å². The van der Waals surface area contributed by atoms with Gasteiger partial charge in [0, 0.05) is 24.4 Å². The number of nitrogens with one attached hydrogen (secondary N) is 1. The Labute approximate surface area is 89.6 Å². The largest absolute Gasteiger partial charge is 0.336 e. The summed E-state index contributed by atoms with van der Waals surface area (Å²) in [5.74, 6) is 1.20. The average Bonchev–Trinajstić information content (AvgIpc) is 2.74. The molecule has 1 aliphatic heterocycles. The number of hydrogen-bond donors (Lipinski definition) is 1. The number of nitrogens with zero attached hydrogens (tertiary/aromatic N) is 1. The van der Waals surface area contributed by atoms with Crippen LogP contribution in [0, 0.1) is 0 Å². The molecule has 0 bridgehead atoms. The summed E-state index contributed by atoms with van der Waals surface area (Å²) in [4.78, 5) is 13.5. The van der Waals surface area contributed by atoms with Crippen LogP contribution in [0.25, 0.3) is 0 Å². The van der Waals surface area contributed by atoms with E-state index in [1.165, 1.54) is 25.0 Å². The molecule has 0 aromatic carbocycles. The zero-order chi connectivity index (χ0) is 9.97. The fraction of sp³-hybridized carbons (Fsp3) is 0.900. The van der Waals surface area contributed by atoms with E-state index in [2.05, 4.69) is 12.2 Å². The zero-order valence-corrected chi connectivity index (χ0v) is 9.48. The van der Waals surface area contributed by atoms with Crippen molar-refractivity contribution in [3.8, 4) is 0 Å². The third-order valence-electron chi connectivity index (χ3n) is 3.09. The summed E-state index contributed by atoms with van der Waals surface area (Å²) in [6.45, 7) is 3.95. The van der Waals surface area contributed by atoms with E-state index < -0.39 is 0 Å². The molecule has 1 saturated carbocycles. The first-order valence-electron chi connectivity index (χ1n) is 5.47. The van der Waals surface area contributed by atoms with E-state index in [1.54, 1.807) is 0 Å². The smallest absolute Gasteiger partial charge is 0.317 e. The highest BCUT2D eigenvalue weighted by Gasteiger charge is 2.33. The summed E-state index contributed by atoms with van der Waals surface area (Å²) in [6, 6.07) is 0.665. The molecule has 3 nitrogen and oxygen atoms in total. The van der Waals surface area contributed by atoms with Gasteiger partial charge < -0.3 is 10.2 Å². The van der Waals surface area contributed by atoms with Gasteiger partial charge in [0.2, 0.25) is 0 Å². The Hall–Kier alpha value is -0.380. The molecule has 0 spiro atoms. The first kappa shape index (κ1) is 10.1. The summed E-state index contributed by atoms with van der Waals surface area (Å²) < 4.78 is 0. The molecule has 0 aromatic heterocycles. The molecule has 0 radical (unpaired) electrons. The Morgan fingerprint density at radius 1 is 1.57 bits per heavy atom. The number of carbonyl (C=O) groups excluding carboxylic acids is 1. The van der Waals surface area contributed by atoms with E-state index in [0.717, 1.165) is 18.3 Å². The number of carbonyl (C=O) groups is 1. The van der Waals surface area contributed by atoms with Gasteiger partial charge in [-0.25, -0.2) is 4.79 Å². The fourth-order valence-electron chi connectivity index (χ4n) is 2.42. The quantitative estimate of drug-likeness (QED) is 0.775. The summed E-state index contributed by atoms with van der Waals surface area (Å²) in [5.41, 5.74) is 0. The molecule has 80 valence electrons. The lowest BCUT2D eigenvalue weighted by Gasteiger charge is -2.22. The van der Waals surface area contributed by atoms with Gasteiger partial charge in [-0.2, -0.15) is 11.8 Å². The normalized spacial score (nSPS) is 32.4. The number of thioether (sulfide) groups is 1. The minimum atomic E-state index is 0.150. The molecule has 2 rings (SSSR count). The van der Waals surface area contributed by atoms with Gasteiger partial charge in [0.1, 0.15) is 0 Å². The van der Waals surface area contributed by atoms with Crippen molar-refractivity contribution in [3.63, 3.8) is 0 Å². The molecule has 2 unspecified atom stereocenters. The number of urea groups is 1. The predicted octanol–water partition coefficient (Wildman–Crippen LogP) is 1.69. The van der Waals surface area contributed by atoms with Gasteiger partial charge in [-0.3, -0.25) is 0 Å². The lowest BCUT2D eigenvalue weighted by Crippen LogP contribution is -2.36. The van der Waals surface area contributed by atoms with Crippen LogP contribution in [0.1, 0.15) is 26.2 Å². The molecule has 2 atom stereocenters. The highest BCUT2D eigenvalue weighted by molar-refractivity contribution is 7.99. The maximum absolute atomic E-state index is 11.4. The maximum atomic E-state index is 11.4. The third kappa shape index (κ3) is 2.00. The van der Waals surface area contributed by atoms with E-state index in [1.807, 2.05) is 16.7 Å². The van der Waals surface area contributed by atoms with Crippen LogP contribution in [0.4, 0.5) is 4.79 Å². The number of amides is 2. The Balaban J connectivity index is 1.85. The minimum absolute atomic E-state index is 0.150. The van der Waals surface area contributed by atoms with Crippen molar-refractivity contribution < 1.29 is 4.79 Å². The predicted molar refractivity (Wildman–Crippen MR) is 59.7 cm³/mol. The average molecular weight is 214 g/mol. The highest BCUT2D eigenvalue weighted by Crippen LogP contribution is 2.32. The first-order chi connectivity index (χ1) is 6.81. The van der Waals surface area contributed by atoms with E-state index >= 15 is 0 Å². The molecular formula is C10H18N2OS. The van der Waals surface area contributed by atoms with Crippen LogP contribution in [-0.2, 0) is 0 Å². The highest BCUT2D eigenvalue weighted by atomic mass is 32.2. The van der Waals surface area contributed by atoms with Crippen LogP contribution in [0.2, 0.25) is 0 Å². The van der Waals surface area contributed by atoms with Crippen LogP contribution < -0.4 is 5.32 Å². The van der Waals surface area contributed by atoms with Crippen LogP contribution >= 0.6 is 11.8 Å². The van der Waals surface area contributed by atoms with Gasteiger partial charge in [0.15, 0.2) is 0 Å². The van der Waals surface area contributed by atoms with Crippen molar-refractivity contribution in [2.75, 3.05) is 18.8 Å². The Kier molecular flexibility index (Phi) is 3.21. The number of rotatable bonds is 3. The first-order valence-corrected chi connectivity index (χ1v) is 6.52. The molecule has 2 fully saturated rings. The van der Waals surface area contributed by atoms with Gasteiger partial charge in [0.05, 0.1) is 0 Å². The standard InChI is InChI=1S/C10H18N2OS/c1-2-14-9-4-3-8(7-9)12-6-5-11-10(12)13/h8-9H,2-7H2,1H3,(H,11,13). The maximum Gasteiger partial charge on any atom is 0.317 e. The monoisotopic (exact) mass is 214 g/mol. The molecule has 1 heterocycles. The van der Waals surface area contributed by atoms with E-state index in [4.69, 9.17) is 0 Å². The molecule has 2 aliphatic rings. The summed E-state index contributed by atoms with van der Waals surface area (Å²) >= 11 is 2.04. The third-order valence-corrected chi connectivity index (χ3v) is 4.32. The van der Waals surface area contributed by atoms with Crippen molar-refractivity contribution in [2.24, 2.45) is 0 Å². The van der Waals surface area contributed by atoms with E-state index in [0.29, 0.717) is 6.04 Å². The molecule has 2 amide bonds. The zero-order valence-electron chi connectivity index (χ0n) is 8.66. The van der Waals surface area contributed by atoms with Gasteiger partial charge in [-0.1, -0.05) is 6.92 Å². The Bertz CT molecular complexity index is 222. The Morgan fingerprint density at radius 3 is 3.07 bits per heavy atom. The topological polar surface area (TPSA) is 32.3 Å². The van der Waals surface area contributed by atoms with E-state index in [-0.39, 0.29) is 6.03 Å². The molecule has 1 saturated heterocycles. The van der Waals surface area contributed by atoms with Crippen molar-refractivity contribution in [2.45, 2.75) is 37.5 Å². The van der Waals surface area contributed by atoms with Crippen LogP contribution in [0.3, 0.4) is 0 Å². The lowest BCUT2D eigenvalue weighted by molar-refractivity contribution is 0.199. The second kappa shape index (κ2) is 4.43. The molecule has 0 aromatic rings. The molecule has 1 aliphatic carbocycles. The Morgan fingerprint density at radius 2 is 2.43 bits per heavy atom. The van der Waals surface area contributed by atoms with Crippen molar-refractivity contribution in [1.82, 2.24) is 10.2 Å².